The van der Waals surface area contributed by atoms with Crippen molar-refractivity contribution in [1.29, 1.82) is 0 Å². The highest BCUT2D eigenvalue weighted by Crippen LogP contribution is 2.75. The molecule has 4 saturated carbocycles. The molecule has 2 unspecified atom stereocenters. The zero-order chi connectivity index (χ0) is 25.1. The highest BCUT2D eigenvalue weighted by Gasteiger charge is 2.70. The normalized spacial score (nSPS) is 56.3. The molecule has 192 valence electrons. The lowest BCUT2D eigenvalue weighted by molar-refractivity contribution is -0.232. The first kappa shape index (κ1) is 24.8. The predicted molar refractivity (Wildman–Crippen MR) is 134 cm³/mol. The number of allylic oxidation sites excluding steroid dienone is 2. The lowest BCUT2D eigenvalue weighted by Gasteiger charge is -2.71. The van der Waals surface area contributed by atoms with Crippen LogP contribution < -0.4 is 0 Å². The number of hydrogen-bond donors (Lipinski definition) is 3. The summed E-state index contributed by atoms with van der Waals surface area (Å²) in [6.45, 7) is 16.3. The van der Waals surface area contributed by atoms with Gasteiger partial charge in [0.15, 0.2) is 0 Å². The van der Waals surface area contributed by atoms with Gasteiger partial charge in [0.1, 0.15) is 0 Å². The van der Waals surface area contributed by atoms with Gasteiger partial charge >= 0.3 is 5.97 Å². The monoisotopic (exact) mass is 472 g/mol. The van der Waals surface area contributed by atoms with Crippen LogP contribution in [0.3, 0.4) is 0 Å². The van der Waals surface area contributed by atoms with Crippen molar-refractivity contribution >= 4 is 5.97 Å². The number of carbonyl (C=O) groups is 1. The van der Waals surface area contributed by atoms with Gasteiger partial charge in [-0.1, -0.05) is 60.1 Å². The molecule has 0 spiro atoms. The zero-order valence-electron chi connectivity index (χ0n) is 22.5. The molecule has 0 bridgehead atoms. The van der Waals surface area contributed by atoms with Gasteiger partial charge in [-0.25, -0.2) is 0 Å². The smallest absolute Gasteiger partial charge is 0.310 e. The van der Waals surface area contributed by atoms with Crippen LogP contribution in [0.4, 0.5) is 0 Å². The van der Waals surface area contributed by atoms with Crippen molar-refractivity contribution in [2.75, 3.05) is 0 Å². The van der Waals surface area contributed by atoms with Gasteiger partial charge in [0, 0.05) is 0 Å². The van der Waals surface area contributed by atoms with Gasteiger partial charge in [0.2, 0.25) is 0 Å². The Morgan fingerprint density at radius 1 is 0.941 bits per heavy atom. The van der Waals surface area contributed by atoms with Crippen LogP contribution in [0.1, 0.15) is 99.8 Å². The molecule has 0 aromatic rings. The highest BCUT2D eigenvalue weighted by atomic mass is 16.4. The molecule has 0 heterocycles. The highest BCUT2D eigenvalue weighted by molar-refractivity contribution is 5.76. The average Bonchev–Trinajstić information content (AvgIpc) is 2.75. The third-order valence-corrected chi connectivity index (χ3v) is 13.4. The third kappa shape index (κ3) is 2.76. The molecule has 0 saturated heterocycles. The van der Waals surface area contributed by atoms with Crippen molar-refractivity contribution in [1.82, 2.24) is 0 Å². The molecular weight excluding hydrogens is 424 g/mol. The van der Waals surface area contributed by atoms with Crippen LogP contribution in [-0.4, -0.2) is 33.5 Å². The summed E-state index contributed by atoms with van der Waals surface area (Å²) in [6, 6.07) is 0. The van der Waals surface area contributed by atoms with Crippen LogP contribution in [0, 0.1) is 56.7 Å². The van der Waals surface area contributed by atoms with E-state index in [-0.39, 0.29) is 27.6 Å². The summed E-state index contributed by atoms with van der Waals surface area (Å²) in [5.74, 6) is 1.30. The fraction of sp³-hybridized carbons (Fsp3) is 0.900. The summed E-state index contributed by atoms with van der Waals surface area (Å²) in [5.41, 5.74) is 0.574. The minimum Gasteiger partial charge on any atom is -0.481 e. The lowest BCUT2D eigenvalue weighted by Crippen LogP contribution is -2.67. The Hall–Kier alpha value is -0.870. The number of hydrogen-bond acceptors (Lipinski definition) is 3. The number of aliphatic carboxylic acids is 1. The van der Waals surface area contributed by atoms with E-state index in [4.69, 9.17) is 0 Å². The largest absolute Gasteiger partial charge is 0.481 e. The summed E-state index contributed by atoms with van der Waals surface area (Å²) in [5, 5.41) is 32.4. The van der Waals surface area contributed by atoms with Crippen molar-refractivity contribution in [2.24, 2.45) is 56.7 Å². The Morgan fingerprint density at radius 3 is 2.26 bits per heavy atom. The van der Waals surface area contributed by atoms with Gasteiger partial charge in [0.05, 0.1) is 17.6 Å². The van der Waals surface area contributed by atoms with Crippen LogP contribution in [0.2, 0.25) is 0 Å². The average molecular weight is 473 g/mol. The molecule has 4 fully saturated rings. The minimum atomic E-state index is -0.679. The van der Waals surface area contributed by atoms with Gasteiger partial charge in [-0.05, 0) is 103 Å². The van der Waals surface area contributed by atoms with E-state index < -0.39 is 23.6 Å². The number of carboxylic acids is 1. The molecule has 4 nitrogen and oxygen atoms in total. The fourth-order valence-electron chi connectivity index (χ4n) is 11.0. The lowest BCUT2D eigenvalue weighted by atomic mass is 9.33. The summed E-state index contributed by atoms with van der Waals surface area (Å²) in [7, 11) is 0. The quantitative estimate of drug-likeness (QED) is 0.405. The molecule has 0 aromatic carbocycles. The van der Waals surface area contributed by atoms with Gasteiger partial charge in [0.25, 0.3) is 0 Å². The third-order valence-electron chi connectivity index (χ3n) is 13.4. The summed E-state index contributed by atoms with van der Waals surface area (Å²) >= 11 is 0. The number of aliphatic hydroxyl groups excluding tert-OH is 2. The number of carboxylic acid groups (broad SMARTS) is 1. The van der Waals surface area contributed by atoms with Crippen molar-refractivity contribution in [3.05, 3.63) is 11.6 Å². The van der Waals surface area contributed by atoms with Crippen molar-refractivity contribution in [3.63, 3.8) is 0 Å². The molecule has 11 atom stereocenters. The standard InChI is InChI=1S/C30H48O4/c1-17-10-13-30(25(33)34)15-14-28(6)19(23(30)18(17)2)8-9-22-27(5)16-20(31)24(32)26(3,4)21(27)11-12-29(22,28)7/h8,17-18,20-24,31-32H,9-16H2,1-7H3,(H,33,34)/t17-,18+,20-,21+,22?,23+,24+,27?,28-,29-,30+/m1/s1. The van der Waals surface area contributed by atoms with Crippen molar-refractivity contribution in [2.45, 2.75) is 112 Å². The first-order valence-electron chi connectivity index (χ1n) is 14.0. The Morgan fingerprint density at radius 2 is 1.62 bits per heavy atom. The van der Waals surface area contributed by atoms with Crippen LogP contribution in [0.5, 0.6) is 0 Å². The maximum absolute atomic E-state index is 12.8. The van der Waals surface area contributed by atoms with Crippen LogP contribution in [0.15, 0.2) is 11.6 Å². The van der Waals surface area contributed by atoms with E-state index in [1.807, 2.05) is 0 Å². The number of aliphatic hydroxyl groups is 2. The van der Waals surface area contributed by atoms with E-state index in [0.717, 1.165) is 44.9 Å². The van der Waals surface area contributed by atoms with E-state index in [1.165, 1.54) is 5.57 Å². The molecule has 3 N–H and O–H groups in total. The molecular formula is C30H48O4. The topological polar surface area (TPSA) is 77.8 Å². The second-order valence-corrected chi connectivity index (χ2v) is 14.6. The SMILES string of the molecule is C[C@H]1[C@H](C)CC[C@]2(C(=O)O)CC[C@]3(C)C(=CCC4C5(C)C[C@@H](O)[C@H](O)C(C)(C)[C@@H]5CC[C@]43C)[C@H]12. The molecule has 5 aliphatic carbocycles. The molecule has 5 aliphatic rings. The Balaban J connectivity index is 1.62. The maximum atomic E-state index is 12.8. The molecule has 5 rings (SSSR count). The minimum absolute atomic E-state index is 0.00993. The molecule has 0 amide bonds. The molecule has 34 heavy (non-hydrogen) atoms. The van der Waals surface area contributed by atoms with E-state index in [1.54, 1.807) is 0 Å². The molecule has 0 aliphatic heterocycles. The zero-order valence-corrected chi connectivity index (χ0v) is 22.5. The first-order valence-corrected chi connectivity index (χ1v) is 14.0. The second kappa shape index (κ2) is 7.34. The first-order chi connectivity index (χ1) is 15.7. The van der Waals surface area contributed by atoms with Gasteiger partial charge < -0.3 is 15.3 Å². The van der Waals surface area contributed by atoms with Crippen LogP contribution in [-0.2, 0) is 4.79 Å². The van der Waals surface area contributed by atoms with Gasteiger partial charge in [-0.3, -0.25) is 4.79 Å². The summed E-state index contributed by atoms with van der Waals surface area (Å²) < 4.78 is 0. The molecule has 0 aromatic heterocycles. The van der Waals surface area contributed by atoms with Gasteiger partial charge in [-0.15, -0.1) is 0 Å². The van der Waals surface area contributed by atoms with Crippen LogP contribution in [0.25, 0.3) is 0 Å². The second-order valence-electron chi connectivity index (χ2n) is 14.6. The Labute approximate surface area is 206 Å². The number of fused-ring (bicyclic) bond motifs is 7. The molecule has 4 heteroatoms. The maximum Gasteiger partial charge on any atom is 0.310 e. The van der Waals surface area contributed by atoms with E-state index in [2.05, 4.69) is 54.5 Å². The van der Waals surface area contributed by atoms with Crippen molar-refractivity contribution in [3.8, 4) is 0 Å². The molecule has 0 radical (unpaired) electrons. The van der Waals surface area contributed by atoms with E-state index in [9.17, 15) is 20.1 Å². The predicted octanol–water partition coefficient (Wildman–Crippen LogP) is 6.06. The van der Waals surface area contributed by atoms with Gasteiger partial charge in [-0.2, -0.15) is 0 Å². The summed E-state index contributed by atoms with van der Waals surface area (Å²) in [6.07, 6.45) is 8.53. The van der Waals surface area contributed by atoms with Crippen LogP contribution >= 0.6 is 0 Å². The Bertz CT molecular complexity index is 907. The Kier molecular flexibility index (Phi) is 5.36. The van der Waals surface area contributed by atoms with Crippen molar-refractivity contribution < 1.29 is 20.1 Å². The fourth-order valence-corrected chi connectivity index (χ4v) is 11.0. The van der Waals surface area contributed by atoms with E-state index in [0.29, 0.717) is 30.1 Å². The van der Waals surface area contributed by atoms with E-state index >= 15 is 0 Å². The number of rotatable bonds is 1. The summed E-state index contributed by atoms with van der Waals surface area (Å²) in [4.78, 5) is 12.8.